The van der Waals surface area contributed by atoms with E-state index < -0.39 is 19.6 Å². The number of rotatable bonds is 7. The Bertz CT molecular complexity index is 704. The maximum Gasteiger partial charge on any atom is 0.427 e. The zero-order chi connectivity index (χ0) is 17.7. The van der Waals surface area contributed by atoms with E-state index in [1.807, 2.05) is 5.09 Å². The molecular weight excluding hydrogens is 333 g/mol. The number of aliphatic hydroxyl groups excluding tert-OH is 1. The molecule has 1 aliphatic rings. The molecule has 0 amide bonds. The van der Waals surface area contributed by atoms with Crippen LogP contribution in [0.3, 0.4) is 0 Å². The van der Waals surface area contributed by atoms with E-state index in [9.17, 15) is 19.6 Å². The van der Waals surface area contributed by atoms with Crippen molar-refractivity contribution >= 4 is 13.5 Å². The van der Waals surface area contributed by atoms with Gasteiger partial charge in [0, 0.05) is 17.7 Å². The molecule has 0 spiro atoms. The maximum atomic E-state index is 12.0. The van der Waals surface area contributed by atoms with E-state index >= 15 is 0 Å². The maximum absolute atomic E-state index is 12.0. The van der Waals surface area contributed by atoms with Gasteiger partial charge in [-0.1, -0.05) is 18.2 Å². The molecule has 0 saturated heterocycles. The molecule has 2 rings (SSSR count). The minimum absolute atomic E-state index is 0.00605. The van der Waals surface area contributed by atoms with Gasteiger partial charge in [-0.3, -0.25) is 9.88 Å². The predicted molar refractivity (Wildman–Crippen MR) is 88.0 cm³/mol. The van der Waals surface area contributed by atoms with Crippen molar-refractivity contribution in [1.29, 1.82) is 0 Å². The van der Waals surface area contributed by atoms with Gasteiger partial charge in [-0.25, -0.2) is 4.57 Å². The molecule has 0 bridgehead atoms. The molecule has 1 aromatic rings. The Morgan fingerprint density at radius 2 is 1.88 bits per heavy atom. The van der Waals surface area contributed by atoms with Gasteiger partial charge >= 0.3 is 7.75 Å². The molecule has 130 valence electrons. The monoisotopic (exact) mass is 353 g/mol. The van der Waals surface area contributed by atoms with Crippen LogP contribution >= 0.6 is 7.75 Å². The average Bonchev–Trinajstić information content (AvgIpc) is 2.47. The molecule has 1 unspecified atom stereocenters. The smallest absolute Gasteiger partial charge is 0.427 e. The Kier molecular flexibility index (Phi) is 5.96. The molecule has 5 N–H and O–H groups in total. The first-order valence-electron chi connectivity index (χ1n) is 7.50. The SMILES string of the molecule is O=C1C=CCC(NP(=O)(O)O)=C1C(O)CCCc1ccc(O)cc1. The number of aliphatic hydroxyl groups is 1. The molecule has 1 aromatic carbocycles. The summed E-state index contributed by atoms with van der Waals surface area (Å²) in [6.45, 7) is 0. The summed E-state index contributed by atoms with van der Waals surface area (Å²) < 4.78 is 11.1. The number of phenolic OH excluding ortho intramolecular Hbond substituents is 1. The van der Waals surface area contributed by atoms with Gasteiger partial charge in [0.1, 0.15) is 5.75 Å². The molecule has 1 atom stereocenters. The Balaban J connectivity index is 2.02. The van der Waals surface area contributed by atoms with Crippen LogP contribution in [-0.2, 0) is 15.8 Å². The Labute approximate surface area is 139 Å². The number of carbonyl (C=O) groups is 1. The van der Waals surface area contributed by atoms with Crippen molar-refractivity contribution in [3.63, 3.8) is 0 Å². The van der Waals surface area contributed by atoms with Crippen LogP contribution < -0.4 is 5.09 Å². The average molecular weight is 353 g/mol. The summed E-state index contributed by atoms with van der Waals surface area (Å²) in [5.41, 5.74) is 1.05. The lowest BCUT2D eigenvalue weighted by Gasteiger charge is -2.21. The van der Waals surface area contributed by atoms with Gasteiger partial charge in [0.15, 0.2) is 5.78 Å². The Hall–Kier alpha value is -1.92. The van der Waals surface area contributed by atoms with E-state index in [1.165, 1.54) is 12.2 Å². The van der Waals surface area contributed by atoms with Crippen LogP contribution in [0.15, 0.2) is 47.7 Å². The lowest BCUT2D eigenvalue weighted by atomic mass is 9.93. The lowest BCUT2D eigenvalue weighted by molar-refractivity contribution is -0.112. The minimum atomic E-state index is -4.54. The number of aryl methyl sites for hydroxylation is 1. The molecule has 0 aromatic heterocycles. The molecular formula is C16H20NO6P. The first-order chi connectivity index (χ1) is 11.3. The van der Waals surface area contributed by atoms with Gasteiger partial charge in [0.05, 0.1) is 6.10 Å². The number of aromatic hydroxyl groups is 1. The summed E-state index contributed by atoms with van der Waals surface area (Å²) in [6.07, 6.45) is 3.35. The molecule has 0 radical (unpaired) electrons. The van der Waals surface area contributed by atoms with Gasteiger partial charge in [-0.15, -0.1) is 0 Å². The van der Waals surface area contributed by atoms with E-state index in [0.717, 1.165) is 5.56 Å². The highest BCUT2D eigenvalue weighted by Crippen LogP contribution is 2.34. The van der Waals surface area contributed by atoms with Gasteiger partial charge in [-0.05, 0) is 43.0 Å². The predicted octanol–water partition coefficient (Wildman–Crippen LogP) is 1.54. The second-order valence-corrected chi connectivity index (χ2v) is 6.90. The largest absolute Gasteiger partial charge is 0.508 e. The van der Waals surface area contributed by atoms with Crippen LogP contribution in [-0.4, -0.2) is 31.9 Å². The fraction of sp³-hybridized carbons (Fsp3) is 0.312. The highest BCUT2D eigenvalue weighted by molar-refractivity contribution is 7.49. The van der Waals surface area contributed by atoms with Gasteiger partial charge in [0.2, 0.25) is 0 Å². The van der Waals surface area contributed by atoms with Crippen LogP contribution in [0.2, 0.25) is 0 Å². The van der Waals surface area contributed by atoms with Crippen LogP contribution in [0.4, 0.5) is 0 Å². The number of hydrogen-bond acceptors (Lipinski definition) is 4. The van der Waals surface area contributed by atoms with Crippen LogP contribution in [0, 0.1) is 0 Å². The van der Waals surface area contributed by atoms with Gasteiger partial charge in [0.25, 0.3) is 0 Å². The number of allylic oxidation sites excluding steroid dienone is 2. The third-order valence-electron chi connectivity index (χ3n) is 3.67. The highest BCUT2D eigenvalue weighted by Gasteiger charge is 2.26. The van der Waals surface area contributed by atoms with E-state index in [2.05, 4.69) is 0 Å². The van der Waals surface area contributed by atoms with E-state index in [0.29, 0.717) is 12.8 Å². The summed E-state index contributed by atoms with van der Waals surface area (Å²) in [7, 11) is -4.54. The zero-order valence-electron chi connectivity index (χ0n) is 12.9. The summed E-state index contributed by atoms with van der Waals surface area (Å²) in [6, 6.07) is 6.70. The van der Waals surface area contributed by atoms with Crippen molar-refractivity contribution in [2.24, 2.45) is 0 Å². The minimum Gasteiger partial charge on any atom is -0.508 e. The van der Waals surface area contributed by atoms with Crippen molar-refractivity contribution in [2.75, 3.05) is 0 Å². The highest BCUT2D eigenvalue weighted by atomic mass is 31.2. The molecule has 0 saturated carbocycles. The number of benzene rings is 1. The van der Waals surface area contributed by atoms with Gasteiger partial charge < -0.3 is 20.0 Å². The number of phenols is 1. The van der Waals surface area contributed by atoms with Crippen molar-refractivity contribution in [3.05, 3.63) is 53.3 Å². The molecule has 0 heterocycles. The van der Waals surface area contributed by atoms with Crippen molar-refractivity contribution in [2.45, 2.75) is 31.8 Å². The molecule has 1 aliphatic carbocycles. The van der Waals surface area contributed by atoms with E-state index in [1.54, 1.807) is 24.3 Å². The Morgan fingerprint density at radius 1 is 1.21 bits per heavy atom. The molecule has 8 heteroatoms. The van der Waals surface area contributed by atoms with E-state index in [4.69, 9.17) is 9.79 Å². The van der Waals surface area contributed by atoms with Gasteiger partial charge in [-0.2, -0.15) is 0 Å². The second-order valence-electron chi connectivity index (χ2n) is 5.59. The Morgan fingerprint density at radius 3 is 2.50 bits per heavy atom. The number of carbonyl (C=O) groups excluding carboxylic acids is 1. The lowest BCUT2D eigenvalue weighted by Crippen LogP contribution is -2.26. The molecule has 0 aliphatic heterocycles. The van der Waals surface area contributed by atoms with Crippen LogP contribution in [0.1, 0.15) is 24.8 Å². The molecule has 7 nitrogen and oxygen atoms in total. The number of nitrogens with one attached hydrogen (secondary N) is 1. The fourth-order valence-corrected chi connectivity index (χ4v) is 3.15. The summed E-state index contributed by atoms with van der Waals surface area (Å²) >= 11 is 0. The summed E-state index contributed by atoms with van der Waals surface area (Å²) in [5.74, 6) is -0.272. The third kappa shape index (κ3) is 5.32. The quantitative estimate of drug-likeness (QED) is 0.471. The topological polar surface area (TPSA) is 127 Å². The first-order valence-corrected chi connectivity index (χ1v) is 9.11. The normalized spacial score (nSPS) is 16.4. The summed E-state index contributed by atoms with van der Waals surface area (Å²) in [5, 5.41) is 21.5. The van der Waals surface area contributed by atoms with Crippen molar-refractivity contribution in [3.8, 4) is 5.75 Å². The van der Waals surface area contributed by atoms with Crippen LogP contribution in [0.25, 0.3) is 0 Å². The van der Waals surface area contributed by atoms with E-state index in [-0.39, 0.29) is 29.9 Å². The third-order valence-corrected chi connectivity index (χ3v) is 4.24. The number of ketones is 1. The molecule has 0 fully saturated rings. The fourth-order valence-electron chi connectivity index (χ4n) is 2.59. The molecule has 24 heavy (non-hydrogen) atoms. The van der Waals surface area contributed by atoms with Crippen LogP contribution in [0.5, 0.6) is 5.75 Å². The standard InChI is InChI=1S/C16H20NO6P/c18-12-9-7-11(8-10-12)3-1-5-14(19)16-13(17-24(21,22)23)4-2-6-15(16)20/h2,6-10,14,18-19H,1,3-5H2,(H3,17,21,22,23). The van der Waals surface area contributed by atoms with Crippen molar-refractivity contribution < 1.29 is 29.4 Å². The summed E-state index contributed by atoms with van der Waals surface area (Å²) in [4.78, 5) is 30.0. The zero-order valence-corrected chi connectivity index (χ0v) is 13.8. The first kappa shape index (κ1) is 18.4. The van der Waals surface area contributed by atoms with Crippen molar-refractivity contribution in [1.82, 2.24) is 5.09 Å². The second kappa shape index (κ2) is 7.77. The number of hydrogen-bond donors (Lipinski definition) is 5.